The maximum absolute atomic E-state index is 11.5. The number of hydrogen-bond donors (Lipinski definition) is 2. The van der Waals surface area contributed by atoms with Gasteiger partial charge in [-0.3, -0.25) is 14.6 Å². The predicted molar refractivity (Wildman–Crippen MR) is 70.2 cm³/mol. The molecule has 0 aromatic heterocycles. The number of amides is 1. The molecule has 5 nitrogen and oxygen atoms in total. The van der Waals surface area contributed by atoms with E-state index in [4.69, 9.17) is 5.73 Å². The zero-order valence-corrected chi connectivity index (χ0v) is 11.0. The van der Waals surface area contributed by atoms with Crippen LogP contribution in [0.4, 0.5) is 0 Å². The van der Waals surface area contributed by atoms with Gasteiger partial charge in [-0.05, 0) is 32.2 Å². The van der Waals surface area contributed by atoms with Crippen LogP contribution in [0.15, 0.2) is 0 Å². The minimum absolute atomic E-state index is 0.162. The molecule has 5 heteroatoms. The van der Waals surface area contributed by atoms with Crippen LogP contribution in [0.25, 0.3) is 0 Å². The van der Waals surface area contributed by atoms with Gasteiger partial charge < -0.3 is 11.1 Å². The molecular weight excluding hydrogens is 228 g/mol. The molecular formula is C13H24N4O. The predicted octanol–water partition coefficient (Wildman–Crippen LogP) is -0.628. The molecule has 0 aromatic rings. The summed E-state index contributed by atoms with van der Waals surface area (Å²) in [5.41, 5.74) is 5.50. The molecule has 102 valence electrons. The Morgan fingerprint density at radius 2 is 2.11 bits per heavy atom. The van der Waals surface area contributed by atoms with E-state index >= 15 is 0 Å². The van der Waals surface area contributed by atoms with Crippen LogP contribution in [0, 0.1) is 0 Å². The van der Waals surface area contributed by atoms with Crippen LogP contribution in [0.3, 0.4) is 0 Å². The molecule has 2 aliphatic heterocycles. The van der Waals surface area contributed by atoms with E-state index in [1.165, 1.54) is 32.2 Å². The molecule has 2 unspecified atom stereocenters. The van der Waals surface area contributed by atoms with Gasteiger partial charge in [0.2, 0.25) is 5.91 Å². The second kappa shape index (κ2) is 5.15. The zero-order valence-electron chi connectivity index (χ0n) is 11.0. The number of piperazine rings is 1. The topological polar surface area (TPSA) is 61.6 Å². The van der Waals surface area contributed by atoms with Crippen molar-refractivity contribution in [2.45, 2.75) is 43.8 Å². The highest BCUT2D eigenvalue weighted by Crippen LogP contribution is 2.22. The summed E-state index contributed by atoms with van der Waals surface area (Å²) in [5, 5.41) is 3.37. The molecule has 0 spiro atoms. The van der Waals surface area contributed by atoms with Gasteiger partial charge in [-0.15, -0.1) is 0 Å². The fourth-order valence-corrected chi connectivity index (χ4v) is 3.24. The molecule has 3 aliphatic rings. The average molecular weight is 252 g/mol. The van der Waals surface area contributed by atoms with Gasteiger partial charge >= 0.3 is 0 Å². The van der Waals surface area contributed by atoms with E-state index < -0.39 is 0 Å². The van der Waals surface area contributed by atoms with E-state index in [0.717, 1.165) is 26.2 Å². The van der Waals surface area contributed by atoms with Crippen molar-refractivity contribution in [2.75, 3.05) is 32.7 Å². The quantitative estimate of drug-likeness (QED) is 0.684. The lowest BCUT2D eigenvalue weighted by molar-refractivity contribution is -0.120. The third-order valence-corrected chi connectivity index (χ3v) is 4.47. The van der Waals surface area contributed by atoms with E-state index in [0.29, 0.717) is 12.1 Å². The van der Waals surface area contributed by atoms with Crippen LogP contribution in [0.5, 0.6) is 0 Å². The van der Waals surface area contributed by atoms with Gasteiger partial charge in [0.25, 0.3) is 0 Å². The Morgan fingerprint density at radius 1 is 1.28 bits per heavy atom. The number of nitrogens with two attached hydrogens (primary N) is 1. The average Bonchev–Trinajstić information content (AvgIpc) is 3.04. The van der Waals surface area contributed by atoms with Crippen molar-refractivity contribution in [3.8, 4) is 0 Å². The van der Waals surface area contributed by atoms with Gasteiger partial charge in [-0.1, -0.05) is 0 Å². The summed E-state index contributed by atoms with van der Waals surface area (Å²) < 4.78 is 0. The summed E-state index contributed by atoms with van der Waals surface area (Å²) in [6.07, 6.45) is 5.03. The maximum Gasteiger partial charge on any atom is 0.235 e. The van der Waals surface area contributed by atoms with Crippen molar-refractivity contribution in [3.63, 3.8) is 0 Å². The van der Waals surface area contributed by atoms with E-state index in [1.807, 2.05) is 0 Å². The maximum atomic E-state index is 11.5. The molecule has 1 saturated carbocycles. The summed E-state index contributed by atoms with van der Waals surface area (Å²) in [5.74, 6) is -0.198. The monoisotopic (exact) mass is 252 g/mol. The van der Waals surface area contributed by atoms with E-state index in [1.54, 1.807) is 0 Å². The van der Waals surface area contributed by atoms with Crippen LogP contribution in [0.1, 0.15) is 25.7 Å². The highest BCUT2D eigenvalue weighted by Gasteiger charge is 2.33. The Bertz CT molecular complexity index is 318. The van der Waals surface area contributed by atoms with Crippen molar-refractivity contribution >= 4 is 5.91 Å². The molecule has 3 fully saturated rings. The van der Waals surface area contributed by atoms with Crippen LogP contribution < -0.4 is 11.1 Å². The summed E-state index contributed by atoms with van der Waals surface area (Å²) in [6.45, 7) is 5.39. The van der Waals surface area contributed by atoms with Gasteiger partial charge in [0, 0.05) is 38.3 Å². The molecule has 0 aromatic carbocycles. The van der Waals surface area contributed by atoms with E-state index in [9.17, 15) is 4.79 Å². The second-order valence-electron chi connectivity index (χ2n) is 5.99. The molecule has 2 saturated heterocycles. The van der Waals surface area contributed by atoms with E-state index in [2.05, 4.69) is 15.1 Å². The fourth-order valence-electron chi connectivity index (χ4n) is 3.24. The normalized spacial score (nSPS) is 31.2. The van der Waals surface area contributed by atoms with Crippen LogP contribution in [-0.4, -0.2) is 66.6 Å². The van der Waals surface area contributed by atoms with Crippen molar-refractivity contribution in [2.24, 2.45) is 5.73 Å². The molecule has 0 radical (unpaired) electrons. The number of nitrogens with one attached hydrogen (secondary N) is 1. The van der Waals surface area contributed by atoms with Crippen molar-refractivity contribution in [1.29, 1.82) is 0 Å². The first-order valence-corrected chi connectivity index (χ1v) is 7.24. The number of nitrogens with zero attached hydrogens (tertiary/aromatic N) is 2. The van der Waals surface area contributed by atoms with Crippen molar-refractivity contribution in [3.05, 3.63) is 0 Å². The first-order chi connectivity index (χ1) is 8.72. The number of carbonyl (C=O) groups excluding carboxylic acids is 1. The number of fused-ring (bicyclic) bond motifs is 1. The number of hydrogen-bond acceptors (Lipinski definition) is 4. The van der Waals surface area contributed by atoms with Crippen LogP contribution in [-0.2, 0) is 4.79 Å². The molecule has 0 bridgehead atoms. The Balaban J connectivity index is 1.52. The van der Waals surface area contributed by atoms with Gasteiger partial charge in [0.1, 0.15) is 0 Å². The number of rotatable bonds is 5. The largest absolute Gasteiger partial charge is 0.368 e. The second-order valence-corrected chi connectivity index (χ2v) is 5.99. The van der Waals surface area contributed by atoms with Gasteiger partial charge in [-0.25, -0.2) is 0 Å². The Hall–Kier alpha value is -0.650. The fraction of sp³-hybridized carbons (Fsp3) is 0.923. The highest BCUT2D eigenvalue weighted by atomic mass is 16.1. The van der Waals surface area contributed by atoms with E-state index in [-0.39, 0.29) is 11.9 Å². The standard InChI is InChI=1S/C13H24N4O/c14-13(18)12(15-10-3-4-10)9-16-6-7-17-5-1-2-11(17)8-16/h10-12,15H,1-9H2,(H2,14,18). The van der Waals surface area contributed by atoms with Gasteiger partial charge in [-0.2, -0.15) is 0 Å². The molecule has 18 heavy (non-hydrogen) atoms. The SMILES string of the molecule is NC(=O)C(CN1CCN2CCCC2C1)NC1CC1. The van der Waals surface area contributed by atoms with Gasteiger partial charge in [0.05, 0.1) is 6.04 Å². The summed E-state index contributed by atoms with van der Waals surface area (Å²) in [4.78, 5) is 16.5. The summed E-state index contributed by atoms with van der Waals surface area (Å²) in [6, 6.07) is 1.09. The Morgan fingerprint density at radius 3 is 2.83 bits per heavy atom. The third kappa shape index (κ3) is 2.84. The highest BCUT2D eigenvalue weighted by molar-refractivity contribution is 5.80. The van der Waals surface area contributed by atoms with Crippen LogP contribution in [0.2, 0.25) is 0 Å². The Kier molecular flexibility index (Phi) is 3.54. The number of primary amides is 1. The molecule has 1 aliphatic carbocycles. The zero-order chi connectivity index (χ0) is 12.5. The van der Waals surface area contributed by atoms with Crippen molar-refractivity contribution in [1.82, 2.24) is 15.1 Å². The molecule has 2 atom stereocenters. The minimum atomic E-state index is -0.198. The lowest BCUT2D eigenvalue weighted by Gasteiger charge is -2.38. The molecule has 2 heterocycles. The molecule has 3 rings (SSSR count). The first-order valence-electron chi connectivity index (χ1n) is 7.24. The molecule has 3 N–H and O–H groups in total. The Labute approximate surface area is 109 Å². The van der Waals surface area contributed by atoms with Crippen LogP contribution >= 0.6 is 0 Å². The molecule has 1 amide bonds. The van der Waals surface area contributed by atoms with Crippen molar-refractivity contribution < 1.29 is 4.79 Å². The number of carbonyl (C=O) groups is 1. The first kappa shape index (κ1) is 12.4. The lowest BCUT2D eigenvalue weighted by atomic mass is 10.1. The summed E-state index contributed by atoms with van der Waals surface area (Å²) in [7, 11) is 0. The smallest absolute Gasteiger partial charge is 0.235 e. The van der Waals surface area contributed by atoms with Gasteiger partial charge in [0.15, 0.2) is 0 Å². The minimum Gasteiger partial charge on any atom is -0.368 e. The summed E-state index contributed by atoms with van der Waals surface area (Å²) >= 11 is 0. The lowest BCUT2D eigenvalue weighted by Crippen LogP contribution is -2.56. The third-order valence-electron chi connectivity index (χ3n) is 4.47.